The maximum absolute atomic E-state index is 11.1. The van der Waals surface area contributed by atoms with E-state index in [1.165, 1.54) is 5.56 Å². The first-order valence-electron chi connectivity index (χ1n) is 6.30. The van der Waals surface area contributed by atoms with Gasteiger partial charge in [0.25, 0.3) is 0 Å². The summed E-state index contributed by atoms with van der Waals surface area (Å²) in [5.74, 6) is 0. The Kier molecular flexibility index (Phi) is 2.51. The lowest BCUT2D eigenvalue weighted by Gasteiger charge is -2.41. The smallest absolute Gasteiger partial charge is 0.0993 e. The molecule has 1 aliphatic heterocycles. The highest BCUT2D eigenvalue weighted by atomic mass is 16.5. The Morgan fingerprint density at radius 1 is 1.29 bits per heavy atom. The highest BCUT2D eigenvalue weighted by molar-refractivity contribution is 5.39. The van der Waals surface area contributed by atoms with E-state index in [0.29, 0.717) is 19.8 Å². The SMILES string of the molecule is NCC1(C2(O)CCc3ccccc32)CCOC1. The first-order chi connectivity index (χ1) is 8.22. The van der Waals surface area contributed by atoms with Gasteiger partial charge in [-0.25, -0.2) is 0 Å². The van der Waals surface area contributed by atoms with E-state index in [2.05, 4.69) is 6.07 Å². The summed E-state index contributed by atoms with van der Waals surface area (Å²) in [5.41, 5.74) is 7.19. The van der Waals surface area contributed by atoms with Crippen LogP contribution in [-0.2, 0) is 16.8 Å². The van der Waals surface area contributed by atoms with Crippen LogP contribution in [0.15, 0.2) is 24.3 Å². The molecule has 0 spiro atoms. The maximum atomic E-state index is 11.1. The zero-order chi connectivity index (χ0) is 11.9. The van der Waals surface area contributed by atoms with Crippen LogP contribution in [0.4, 0.5) is 0 Å². The van der Waals surface area contributed by atoms with Crippen molar-refractivity contribution in [2.24, 2.45) is 11.1 Å². The van der Waals surface area contributed by atoms with Gasteiger partial charge in [-0.15, -0.1) is 0 Å². The molecule has 2 atom stereocenters. The number of hydrogen-bond acceptors (Lipinski definition) is 3. The average molecular weight is 233 g/mol. The van der Waals surface area contributed by atoms with E-state index >= 15 is 0 Å². The lowest BCUT2D eigenvalue weighted by molar-refractivity contribution is -0.0881. The van der Waals surface area contributed by atoms with Crippen LogP contribution in [0.5, 0.6) is 0 Å². The van der Waals surface area contributed by atoms with Crippen molar-refractivity contribution in [2.75, 3.05) is 19.8 Å². The molecule has 0 bridgehead atoms. The molecule has 3 nitrogen and oxygen atoms in total. The average Bonchev–Trinajstić information content (AvgIpc) is 2.97. The second kappa shape index (κ2) is 3.80. The van der Waals surface area contributed by atoms with Crippen molar-refractivity contribution in [1.29, 1.82) is 0 Å². The number of benzene rings is 1. The topological polar surface area (TPSA) is 55.5 Å². The van der Waals surface area contributed by atoms with Gasteiger partial charge >= 0.3 is 0 Å². The Balaban J connectivity index is 2.08. The molecule has 3 N–H and O–H groups in total. The molecule has 2 aliphatic rings. The molecule has 0 radical (unpaired) electrons. The predicted molar refractivity (Wildman–Crippen MR) is 65.6 cm³/mol. The lowest BCUT2D eigenvalue weighted by Crippen LogP contribution is -2.49. The van der Waals surface area contributed by atoms with E-state index in [0.717, 1.165) is 24.8 Å². The molecular weight excluding hydrogens is 214 g/mol. The van der Waals surface area contributed by atoms with E-state index in [4.69, 9.17) is 10.5 Å². The minimum atomic E-state index is -0.797. The van der Waals surface area contributed by atoms with E-state index in [-0.39, 0.29) is 5.41 Å². The quantitative estimate of drug-likeness (QED) is 0.806. The van der Waals surface area contributed by atoms with Gasteiger partial charge in [-0.3, -0.25) is 0 Å². The highest BCUT2D eigenvalue weighted by Crippen LogP contribution is 2.52. The Labute approximate surface area is 102 Å². The largest absolute Gasteiger partial charge is 0.384 e. The fourth-order valence-electron chi connectivity index (χ4n) is 3.41. The first kappa shape index (κ1) is 11.2. The number of ether oxygens (including phenoxy) is 1. The van der Waals surface area contributed by atoms with Crippen molar-refractivity contribution in [3.8, 4) is 0 Å². The van der Waals surface area contributed by atoms with Crippen LogP contribution in [0.3, 0.4) is 0 Å². The minimum Gasteiger partial charge on any atom is -0.384 e. The number of hydrogen-bond donors (Lipinski definition) is 2. The van der Waals surface area contributed by atoms with Crippen molar-refractivity contribution in [2.45, 2.75) is 24.9 Å². The third-order valence-electron chi connectivity index (χ3n) is 4.59. The summed E-state index contributed by atoms with van der Waals surface area (Å²) >= 11 is 0. The number of aryl methyl sites for hydroxylation is 1. The zero-order valence-electron chi connectivity index (χ0n) is 9.98. The number of nitrogens with two attached hydrogens (primary N) is 1. The van der Waals surface area contributed by atoms with Gasteiger partial charge in [0.15, 0.2) is 0 Å². The number of rotatable bonds is 2. The summed E-state index contributed by atoms with van der Waals surface area (Å²) in [6.07, 6.45) is 2.57. The highest BCUT2D eigenvalue weighted by Gasteiger charge is 2.55. The molecule has 1 saturated heterocycles. The van der Waals surface area contributed by atoms with Gasteiger partial charge in [-0.05, 0) is 30.4 Å². The van der Waals surface area contributed by atoms with Crippen molar-refractivity contribution in [3.05, 3.63) is 35.4 Å². The molecular formula is C14H19NO2. The van der Waals surface area contributed by atoms with Crippen molar-refractivity contribution >= 4 is 0 Å². The molecule has 1 aromatic rings. The van der Waals surface area contributed by atoms with Crippen LogP contribution in [0.2, 0.25) is 0 Å². The van der Waals surface area contributed by atoms with Crippen LogP contribution in [0.1, 0.15) is 24.0 Å². The van der Waals surface area contributed by atoms with Crippen LogP contribution >= 0.6 is 0 Å². The second-order valence-corrected chi connectivity index (χ2v) is 5.30. The molecule has 1 aromatic carbocycles. The molecule has 1 aliphatic carbocycles. The monoisotopic (exact) mass is 233 g/mol. The van der Waals surface area contributed by atoms with Crippen LogP contribution < -0.4 is 5.73 Å². The molecule has 2 unspecified atom stereocenters. The molecule has 1 heterocycles. The fraction of sp³-hybridized carbons (Fsp3) is 0.571. The number of fused-ring (bicyclic) bond motifs is 1. The zero-order valence-corrected chi connectivity index (χ0v) is 9.98. The van der Waals surface area contributed by atoms with Gasteiger partial charge in [-0.1, -0.05) is 24.3 Å². The van der Waals surface area contributed by atoms with Gasteiger partial charge in [-0.2, -0.15) is 0 Å². The van der Waals surface area contributed by atoms with Gasteiger partial charge in [0.2, 0.25) is 0 Å². The van der Waals surface area contributed by atoms with E-state index in [1.54, 1.807) is 0 Å². The van der Waals surface area contributed by atoms with Crippen molar-refractivity contribution in [1.82, 2.24) is 0 Å². The molecule has 3 rings (SSSR count). The first-order valence-corrected chi connectivity index (χ1v) is 6.30. The van der Waals surface area contributed by atoms with Crippen LogP contribution in [0, 0.1) is 5.41 Å². The van der Waals surface area contributed by atoms with Crippen LogP contribution in [0.25, 0.3) is 0 Å². The number of aliphatic hydroxyl groups is 1. The van der Waals surface area contributed by atoms with E-state index in [1.807, 2.05) is 18.2 Å². The molecule has 0 aromatic heterocycles. The van der Waals surface area contributed by atoms with Gasteiger partial charge in [0, 0.05) is 18.6 Å². The van der Waals surface area contributed by atoms with E-state index in [9.17, 15) is 5.11 Å². The maximum Gasteiger partial charge on any atom is 0.0993 e. The van der Waals surface area contributed by atoms with Gasteiger partial charge in [0.1, 0.15) is 0 Å². The summed E-state index contributed by atoms with van der Waals surface area (Å²) in [5, 5.41) is 11.1. The standard InChI is InChI=1S/C14H19NO2/c15-9-13(7-8-17-10-13)14(16)6-5-11-3-1-2-4-12(11)14/h1-4,16H,5-10,15H2. The Morgan fingerprint density at radius 2 is 2.12 bits per heavy atom. The lowest BCUT2D eigenvalue weighted by atomic mass is 9.68. The van der Waals surface area contributed by atoms with Crippen molar-refractivity contribution in [3.63, 3.8) is 0 Å². The summed E-state index contributed by atoms with van der Waals surface area (Å²) in [4.78, 5) is 0. The van der Waals surface area contributed by atoms with Gasteiger partial charge in [0.05, 0.1) is 12.2 Å². The van der Waals surface area contributed by atoms with Crippen molar-refractivity contribution < 1.29 is 9.84 Å². The molecule has 1 fully saturated rings. The van der Waals surface area contributed by atoms with E-state index < -0.39 is 5.60 Å². The normalized spacial score (nSPS) is 36.1. The summed E-state index contributed by atoms with van der Waals surface area (Å²) < 4.78 is 5.50. The molecule has 0 saturated carbocycles. The Morgan fingerprint density at radius 3 is 2.82 bits per heavy atom. The fourth-order valence-corrected chi connectivity index (χ4v) is 3.41. The third-order valence-corrected chi connectivity index (χ3v) is 4.59. The molecule has 0 amide bonds. The minimum absolute atomic E-state index is 0.292. The predicted octanol–water partition coefficient (Wildman–Crippen LogP) is 1.19. The Hall–Kier alpha value is -0.900. The summed E-state index contributed by atoms with van der Waals surface area (Å²) in [6.45, 7) is 1.77. The summed E-state index contributed by atoms with van der Waals surface area (Å²) in [7, 11) is 0. The van der Waals surface area contributed by atoms with Crippen LogP contribution in [-0.4, -0.2) is 24.9 Å². The third kappa shape index (κ3) is 1.39. The second-order valence-electron chi connectivity index (χ2n) is 5.30. The molecule has 17 heavy (non-hydrogen) atoms. The Bertz CT molecular complexity index is 426. The molecule has 3 heteroatoms. The molecule has 92 valence electrons. The van der Waals surface area contributed by atoms with Gasteiger partial charge < -0.3 is 15.6 Å². The summed E-state index contributed by atoms with van der Waals surface area (Å²) in [6, 6.07) is 8.17.